The number of aliphatic hydroxyl groups is 1. The predicted octanol–water partition coefficient (Wildman–Crippen LogP) is 0.958. The second-order valence-corrected chi connectivity index (χ2v) is 8.61. The van der Waals surface area contributed by atoms with Gasteiger partial charge >= 0.3 is 0 Å². The van der Waals surface area contributed by atoms with Crippen molar-refractivity contribution in [2.45, 2.75) is 11.0 Å². The fourth-order valence-corrected chi connectivity index (χ4v) is 4.87. The van der Waals surface area contributed by atoms with Gasteiger partial charge in [0.1, 0.15) is 4.90 Å². The minimum Gasteiger partial charge on any atom is -0.378 e. The third-order valence-electron chi connectivity index (χ3n) is 4.93. The zero-order valence-corrected chi connectivity index (χ0v) is 15.3. The number of hydrogen-bond acceptors (Lipinski definition) is 5. The monoisotopic (exact) mass is 385 g/mol. The summed E-state index contributed by atoms with van der Waals surface area (Å²) in [6, 6.07) is 11.9. The average Bonchev–Trinajstić information content (AvgIpc) is 3.28. The molecule has 0 fully saturated rings. The topological polar surface area (TPSA) is 90.8 Å². The second kappa shape index (κ2) is 6.88. The van der Waals surface area contributed by atoms with Gasteiger partial charge in [-0.05, 0) is 28.8 Å². The lowest BCUT2D eigenvalue weighted by atomic mass is 10.1. The van der Waals surface area contributed by atoms with Gasteiger partial charge in [0.05, 0.1) is 0 Å². The van der Waals surface area contributed by atoms with Crippen molar-refractivity contribution in [3.63, 3.8) is 0 Å². The minimum atomic E-state index is -3.60. The number of sulfonamides is 1. The van der Waals surface area contributed by atoms with Crippen LogP contribution in [0.25, 0.3) is 0 Å². The molecule has 2 aromatic rings. The highest BCUT2D eigenvalue weighted by Gasteiger charge is 2.38. The Hall–Kier alpha value is -2.55. The van der Waals surface area contributed by atoms with Gasteiger partial charge in [0, 0.05) is 38.6 Å². The summed E-state index contributed by atoms with van der Waals surface area (Å²) < 4.78 is 26.8. The van der Waals surface area contributed by atoms with Gasteiger partial charge in [-0.2, -0.15) is 4.31 Å². The first kappa shape index (κ1) is 17.8. The number of aliphatic hydroxyl groups excluding tert-OH is 1. The Kier molecular flexibility index (Phi) is 4.55. The van der Waals surface area contributed by atoms with Gasteiger partial charge in [-0.1, -0.05) is 30.3 Å². The Balaban J connectivity index is 1.42. The van der Waals surface area contributed by atoms with Gasteiger partial charge in [-0.15, -0.1) is 0 Å². The number of aromatic nitrogens is 1. The Labute approximate surface area is 157 Å². The van der Waals surface area contributed by atoms with Crippen LogP contribution in [0.4, 0.5) is 0 Å². The van der Waals surface area contributed by atoms with E-state index in [0.29, 0.717) is 18.7 Å². The number of pyridine rings is 1. The quantitative estimate of drug-likeness (QED) is 0.792. The Morgan fingerprint density at radius 3 is 2.26 bits per heavy atom. The molecule has 8 heteroatoms. The number of rotatable bonds is 4. The first-order valence-electron chi connectivity index (χ1n) is 8.58. The van der Waals surface area contributed by atoms with Gasteiger partial charge in [-0.25, -0.2) is 8.42 Å². The van der Waals surface area contributed by atoms with Gasteiger partial charge < -0.3 is 10.0 Å². The van der Waals surface area contributed by atoms with E-state index in [1.165, 1.54) is 22.8 Å². The largest absolute Gasteiger partial charge is 0.378 e. The van der Waals surface area contributed by atoms with Crippen LogP contribution in [-0.2, 0) is 14.8 Å². The lowest BCUT2D eigenvalue weighted by Crippen LogP contribution is -2.38. The van der Waals surface area contributed by atoms with E-state index in [1.807, 2.05) is 6.07 Å². The van der Waals surface area contributed by atoms with E-state index < -0.39 is 16.1 Å². The lowest BCUT2D eigenvalue weighted by molar-refractivity contribution is -0.139. The minimum absolute atomic E-state index is 0.165. The average molecular weight is 385 g/mol. The molecular formula is C19H19N3O4S. The van der Waals surface area contributed by atoms with Crippen LogP contribution in [0.2, 0.25) is 0 Å². The molecule has 27 heavy (non-hydrogen) atoms. The van der Waals surface area contributed by atoms with Gasteiger partial charge in [-0.3, -0.25) is 9.78 Å². The lowest BCUT2D eigenvalue weighted by Gasteiger charge is -2.24. The molecule has 1 amide bonds. The number of carbonyl (C=O) groups excluding carboxylic acids is 1. The molecule has 0 bridgehead atoms. The van der Waals surface area contributed by atoms with Gasteiger partial charge in [0.2, 0.25) is 10.0 Å². The van der Waals surface area contributed by atoms with E-state index >= 15 is 0 Å². The SMILES string of the molecule is O=C([C@H](O)c1ccccc1)N1CC2=C(C1)CN(S(=O)(=O)c1cccnc1)C2. The molecule has 1 N–H and O–H groups in total. The highest BCUT2D eigenvalue weighted by atomic mass is 32.2. The zero-order valence-electron chi connectivity index (χ0n) is 14.5. The van der Waals surface area contributed by atoms with E-state index in [4.69, 9.17) is 0 Å². The maximum absolute atomic E-state index is 12.7. The molecule has 0 unspecified atom stereocenters. The first-order valence-corrected chi connectivity index (χ1v) is 10.0. The molecule has 140 valence electrons. The van der Waals surface area contributed by atoms with Crippen molar-refractivity contribution in [2.75, 3.05) is 26.2 Å². The van der Waals surface area contributed by atoms with Gasteiger partial charge in [0.25, 0.3) is 5.91 Å². The van der Waals surface area contributed by atoms with Crippen LogP contribution in [0, 0.1) is 0 Å². The molecular weight excluding hydrogens is 366 g/mol. The summed E-state index contributed by atoms with van der Waals surface area (Å²) in [6.45, 7) is 1.21. The van der Waals surface area contributed by atoms with Crippen molar-refractivity contribution in [1.82, 2.24) is 14.2 Å². The molecule has 0 spiro atoms. The fourth-order valence-electron chi connectivity index (χ4n) is 3.47. The molecule has 0 aliphatic carbocycles. The predicted molar refractivity (Wildman–Crippen MR) is 98.0 cm³/mol. The molecule has 7 nitrogen and oxygen atoms in total. The molecule has 4 rings (SSSR count). The summed E-state index contributed by atoms with van der Waals surface area (Å²) in [5.41, 5.74) is 2.41. The van der Waals surface area contributed by atoms with Crippen molar-refractivity contribution < 1.29 is 18.3 Å². The highest BCUT2D eigenvalue weighted by molar-refractivity contribution is 7.89. The van der Waals surface area contributed by atoms with Crippen LogP contribution in [0.5, 0.6) is 0 Å². The van der Waals surface area contributed by atoms with Crippen LogP contribution in [0.1, 0.15) is 11.7 Å². The van der Waals surface area contributed by atoms with Crippen LogP contribution in [0.3, 0.4) is 0 Å². The summed E-state index contributed by atoms with van der Waals surface area (Å²) >= 11 is 0. The second-order valence-electron chi connectivity index (χ2n) is 6.68. The molecule has 1 atom stereocenters. The summed E-state index contributed by atoms with van der Waals surface area (Å²) in [5.74, 6) is -0.364. The number of benzene rings is 1. The van der Waals surface area contributed by atoms with Gasteiger partial charge in [0.15, 0.2) is 6.10 Å². The summed E-state index contributed by atoms with van der Waals surface area (Å²) in [7, 11) is -3.60. The van der Waals surface area contributed by atoms with Crippen LogP contribution < -0.4 is 0 Å². The third kappa shape index (κ3) is 3.27. The Morgan fingerprint density at radius 2 is 1.67 bits per heavy atom. The molecule has 2 aliphatic rings. The molecule has 0 radical (unpaired) electrons. The maximum Gasteiger partial charge on any atom is 0.256 e. The molecule has 0 saturated carbocycles. The van der Waals surface area contributed by atoms with Crippen LogP contribution >= 0.6 is 0 Å². The fraction of sp³-hybridized carbons (Fsp3) is 0.263. The van der Waals surface area contributed by atoms with Crippen LogP contribution in [-0.4, -0.2) is 59.8 Å². The number of nitrogens with zero attached hydrogens (tertiary/aromatic N) is 3. The smallest absolute Gasteiger partial charge is 0.256 e. The molecule has 3 heterocycles. The molecule has 2 aliphatic heterocycles. The molecule has 1 aromatic heterocycles. The Bertz CT molecular complexity index is 972. The summed E-state index contributed by atoms with van der Waals surface area (Å²) in [6.07, 6.45) is 1.66. The standard InChI is InChI=1S/C19H19N3O4S/c23-18(14-5-2-1-3-6-14)19(24)21-10-15-12-22(13-16(15)11-21)27(25,26)17-7-4-8-20-9-17/h1-9,18,23H,10-13H2/t18-/m1/s1. The van der Waals surface area contributed by atoms with E-state index in [-0.39, 0.29) is 23.9 Å². The first-order chi connectivity index (χ1) is 13.0. The maximum atomic E-state index is 12.7. The van der Waals surface area contributed by atoms with Crippen molar-refractivity contribution >= 4 is 15.9 Å². The number of hydrogen-bond donors (Lipinski definition) is 1. The normalized spacial score (nSPS) is 18.6. The van der Waals surface area contributed by atoms with Crippen LogP contribution in [0.15, 0.2) is 70.9 Å². The van der Waals surface area contributed by atoms with E-state index in [0.717, 1.165) is 11.1 Å². The van der Waals surface area contributed by atoms with Crippen molar-refractivity contribution in [3.05, 3.63) is 71.6 Å². The zero-order chi connectivity index (χ0) is 19.0. The summed E-state index contributed by atoms with van der Waals surface area (Å²) in [5, 5.41) is 10.3. The van der Waals surface area contributed by atoms with E-state index in [2.05, 4.69) is 4.98 Å². The Morgan fingerprint density at radius 1 is 1.00 bits per heavy atom. The van der Waals surface area contributed by atoms with E-state index in [9.17, 15) is 18.3 Å². The summed E-state index contributed by atoms with van der Waals surface area (Å²) in [4.78, 5) is 18.2. The molecule has 0 saturated heterocycles. The number of carbonyl (C=O) groups is 1. The molecule has 1 aromatic carbocycles. The van der Waals surface area contributed by atoms with E-state index in [1.54, 1.807) is 35.2 Å². The van der Waals surface area contributed by atoms with Crippen molar-refractivity contribution in [1.29, 1.82) is 0 Å². The number of amides is 1. The van der Waals surface area contributed by atoms with Crippen molar-refractivity contribution in [2.24, 2.45) is 0 Å². The third-order valence-corrected chi connectivity index (χ3v) is 6.71. The highest BCUT2D eigenvalue weighted by Crippen LogP contribution is 2.31. The van der Waals surface area contributed by atoms with Crippen molar-refractivity contribution in [3.8, 4) is 0 Å².